The van der Waals surface area contributed by atoms with E-state index in [9.17, 15) is 14.7 Å². The van der Waals surface area contributed by atoms with Crippen LogP contribution in [-0.2, 0) is 16.0 Å². The molecule has 124 valence electrons. The summed E-state index contributed by atoms with van der Waals surface area (Å²) < 4.78 is 0. The van der Waals surface area contributed by atoms with Gasteiger partial charge in [-0.1, -0.05) is 30.3 Å². The highest BCUT2D eigenvalue weighted by atomic mass is 16.3. The number of carbonyl (C=O) groups excluding carboxylic acids is 2. The fourth-order valence-electron chi connectivity index (χ4n) is 3.11. The van der Waals surface area contributed by atoms with Gasteiger partial charge in [0.25, 0.3) is 0 Å². The molecule has 5 heteroatoms. The van der Waals surface area contributed by atoms with E-state index in [1.165, 1.54) is 0 Å². The predicted molar refractivity (Wildman–Crippen MR) is 86.6 cm³/mol. The molecule has 0 aliphatic heterocycles. The van der Waals surface area contributed by atoms with Crippen molar-refractivity contribution in [1.29, 1.82) is 0 Å². The normalized spacial score (nSPS) is 24.9. The Morgan fingerprint density at radius 2 is 1.87 bits per heavy atom. The molecule has 0 spiro atoms. The number of nitrogens with one attached hydrogen (secondary N) is 2. The predicted octanol–water partition coefficient (Wildman–Crippen LogP) is 1.15. The third-order valence-corrected chi connectivity index (χ3v) is 4.66. The lowest BCUT2D eigenvalue weighted by atomic mass is 10.0. The summed E-state index contributed by atoms with van der Waals surface area (Å²) in [4.78, 5) is 24.9. The van der Waals surface area contributed by atoms with Gasteiger partial charge < -0.3 is 15.7 Å². The second kappa shape index (κ2) is 7.13. The van der Waals surface area contributed by atoms with Crippen LogP contribution in [0.5, 0.6) is 0 Å². The quantitative estimate of drug-likeness (QED) is 0.737. The van der Waals surface area contributed by atoms with Gasteiger partial charge in [0.2, 0.25) is 11.8 Å². The van der Waals surface area contributed by atoms with E-state index < -0.39 is 12.1 Å². The number of hydrogen-bond donors (Lipinski definition) is 3. The molecule has 2 fully saturated rings. The smallest absolute Gasteiger partial charge is 0.243 e. The van der Waals surface area contributed by atoms with Crippen LogP contribution in [0.3, 0.4) is 0 Å². The molecule has 0 heterocycles. The van der Waals surface area contributed by atoms with Crippen molar-refractivity contribution in [2.75, 3.05) is 0 Å². The molecule has 0 bridgehead atoms. The van der Waals surface area contributed by atoms with Crippen LogP contribution in [0.15, 0.2) is 30.3 Å². The molecule has 2 amide bonds. The average molecular weight is 316 g/mol. The molecule has 5 nitrogen and oxygen atoms in total. The summed E-state index contributed by atoms with van der Waals surface area (Å²) in [6.07, 6.45) is 4.12. The molecule has 0 radical (unpaired) electrons. The zero-order valence-electron chi connectivity index (χ0n) is 13.2. The first kappa shape index (κ1) is 16.0. The Bertz CT molecular complexity index is 557. The molecule has 1 aromatic rings. The van der Waals surface area contributed by atoms with Crippen LogP contribution in [0, 0.1) is 5.92 Å². The number of hydrogen-bond acceptors (Lipinski definition) is 3. The Morgan fingerprint density at radius 1 is 1.13 bits per heavy atom. The molecule has 3 rings (SSSR count). The molecule has 0 aromatic heterocycles. The number of benzene rings is 1. The molecule has 1 aromatic carbocycles. The van der Waals surface area contributed by atoms with Gasteiger partial charge in [0.1, 0.15) is 6.04 Å². The standard InChI is InChI=1S/C18H24N2O3/c21-16-8-4-7-14(16)17(22)20-15(18(23)19-13-9-10-13)11-12-5-2-1-3-6-12/h1-3,5-6,13-16,21H,4,7-11H2,(H,19,23)(H,20,22). The van der Waals surface area contributed by atoms with Crippen molar-refractivity contribution in [2.24, 2.45) is 5.92 Å². The third-order valence-electron chi connectivity index (χ3n) is 4.66. The van der Waals surface area contributed by atoms with E-state index in [1.807, 2.05) is 30.3 Å². The summed E-state index contributed by atoms with van der Waals surface area (Å²) in [5.74, 6) is -0.721. The topological polar surface area (TPSA) is 78.4 Å². The molecule has 3 atom stereocenters. The SMILES string of the molecule is O=C(NC1CC1)C(Cc1ccccc1)NC(=O)C1CCCC1O. The van der Waals surface area contributed by atoms with Crippen LogP contribution in [0.4, 0.5) is 0 Å². The molecule has 2 aliphatic rings. The largest absolute Gasteiger partial charge is 0.392 e. The van der Waals surface area contributed by atoms with Crippen molar-refractivity contribution in [2.45, 2.75) is 56.7 Å². The van der Waals surface area contributed by atoms with E-state index in [0.29, 0.717) is 19.3 Å². The highest BCUT2D eigenvalue weighted by Crippen LogP contribution is 2.26. The van der Waals surface area contributed by atoms with E-state index in [1.54, 1.807) is 0 Å². The highest BCUT2D eigenvalue weighted by Gasteiger charge is 2.34. The summed E-state index contributed by atoms with van der Waals surface area (Å²) in [6, 6.07) is 9.35. The summed E-state index contributed by atoms with van der Waals surface area (Å²) in [5, 5.41) is 15.7. The number of amides is 2. The van der Waals surface area contributed by atoms with Gasteiger partial charge in [-0.3, -0.25) is 9.59 Å². The lowest BCUT2D eigenvalue weighted by molar-refractivity contribution is -0.132. The number of rotatable bonds is 6. The molecule has 3 N–H and O–H groups in total. The summed E-state index contributed by atoms with van der Waals surface area (Å²) in [7, 11) is 0. The lowest BCUT2D eigenvalue weighted by Crippen LogP contribution is -2.51. The molecule has 23 heavy (non-hydrogen) atoms. The fraction of sp³-hybridized carbons (Fsp3) is 0.556. The zero-order chi connectivity index (χ0) is 16.2. The highest BCUT2D eigenvalue weighted by molar-refractivity contribution is 5.89. The second-order valence-corrected chi connectivity index (χ2v) is 6.64. The summed E-state index contributed by atoms with van der Waals surface area (Å²) >= 11 is 0. The monoisotopic (exact) mass is 316 g/mol. The lowest BCUT2D eigenvalue weighted by Gasteiger charge is -2.22. The van der Waals surface area contributed by atoms with Crippen molar-refractivity contribution >= 4 is 11.8 Å². The van der Waals surface area contributed by atoms with Crippen molar-refractivity contribution in [3.63, 3.8) is 0 Å². The Labute approximate surface area is 136 Å². The molecular weight excluding hydrogens is 292 g/mol. The van der Waals surface area contributed by atoms with E-state index in [0.717, 1.165) is 24.8 Å². The van der Waals surface area contributed by atoms with E-state index >= 15 is 0 Å². The zero-order valence-corrected chi connectivity index (χ0v) is 13.2. The summed E-state index contributed by atoms with van der Waals surface area (Å²) in [5.41, 5.74) is 1.01. The Balaban J connectivity index is 1.66. The Hall–Kier alpha value is -1.88. The van der Waals surface area contributed by atoms with Crippen LogP contribution in [0.25, 0.3) is 0 Å². The molecule has 2 saturated carbocycles. The maximum absolute atomic E-state index is 12.4. The van der Waals surface area contributed by atoms with Gasteiger partial charge in [-0.2, -0.15) is 0 Å². The minimum absolute atomic E-state index is 0.128. The number of aliphatic hydroxyl groups excluding tert-OH is 1. The maximum Gasteiger partial charge on any atom is 0.243 e. The third kappa shape index (κ3) is 4.32. The first-order valence-electron chi connectivity index (χ1n) is 8.46. The van der Waals surface area contributed by atoms with Crippen LogP contribution in [-0.4, -0.2) is 35.1 Å². The second-order valence-electron chi connectivity index (χ2n) is 6.64. The number of aliphatic hydroxyl groups is 1. The fourth-order valence-corrected chi connectivity index (χ4v) is 3.11. The van der Waals surface area contributed by atoms with Crippen LogP contribution in [0.2, 0.25) is 0 Å². The first-order chi connectivity index (χ1) is 11.1. The van der Waals surface area contributed by atoms with E-state index in [-0.39, 0.29) is 23.8 Å². The van der Waals surface area contributed by atoms with Gasteiger partial charge in [-0.15, -0.1) is 0 Å². The van der Waals surface area contributed by atoms with Crippen molar-refractivity contribution in [1.82, 2.24) is 10.6 Å². The van der Waals surface area contributed by atoms with Gasteiger partial charge in [-0.25, -0.2) is 0 Å². The maximum atomic E-state index is 12.4. The molecular formula is C18H24N2O3. The minimum Gasteiger partial charge on any atom is -0.392 e. The van der Waals surface area contributed by atoms with Gasteiger partial charge >= 0.3 is 0 Å². The van der Waals surface area contributed by atoms with Crippen LogP contribution >= 0.6 is 0 Å². The van der Waals surface area contributed by atoms with Gasteiger partial charge in [0, 0.05) is 12.5 Å². The van der Waals surface area contributed by atoms with Crippen molar-refractivity contribution in [3.8, 4) is 0 Å². The van der Waals surface area contributed by atoms with Crippen LogP contribution < -0.4 is 10.6 Å². The first-order valence-corrected chi connectivity index (χ1v) is 8.46. The van der Waals surface area contributed by atoms with Crippen molar-refractivity contribution in [3.05, 3.63) is 35.9 Å². The van der Waals surface area contributed by atoms with E-state index in [2.05, 4.69) is 10.6 Å². The Morgan fingerprint density at radius 3 is 2.48 bits per heavy atom. The van der Waals surface area contributed by atoms with E-state index in [4.69, 9.17) is 0 Å². The Kier molecular flexibility index (Phi) is 4.96. The van der Waals surface area contributed by atoms with Gasteiger partial charge in [0.05, 0.1) is 12.0 Å². The van der Waals surface area contributed by atoms with Gasteiger partial charge in [-0.05, 0) is 37.7 Å². The van der Waals surface area contributed by atoms with Crippen molar-refractivity contribution < 1.29 is 14.7 Å². The van der Waals surface area contributed by atoms with Gasteiger partial charge in [0.15, 0.2) is 0 Å². The minimum atomic E-state index is -0.585. The molecule has 0 saturated heterocycles. The summed E-state index contributed by atoms with van der Waals surface area (Å²) in [6.45, 7) is 0. The molecule has 3 unspecified atom stereocenters. The van der Waals surface area contributed by atoms with Crippen LogP contribution in [0.1, 0.15) is 37.7 Å². The molecule has 2 aliphatic carbocycles. The average Bonchev–Trinajstić information content (AvgIpc) is 3.25. The number of carbonyl (C=O) groups is 2.